The van der Waals surface area contributed by atoms with E-state index in [-0.39, 0.29) is 23.1 Å². The Morgan fingerprint density at radius 1 is 0.933 bits per heavy atom. The van der Waals surface area contributed by atoms with E-state index in [2.05, 4.69) is 35.5 Å². The number of nitrogens with one attached hydrogen (secondary N) is 5. The van der Waals surface area contributed by atoms with E-state index in [0.29, 0.717) is 0 Å². The highest BCUT2D eigenvalue weighted by Gasteiger charge is 2.42. The number of amides is 4. The molecule has 0 unspecified atom stereocenters. The van der Waals surface area contributed by atoms with Crippen LogP contribution in [0.4, 0.5) is 14.7 Å². The summed E-state index contributed by atoms with van der Waals surface area (Å²) in [5.74, 6) is -2.03. The number of hydrogen-bond donors (Lipinski definition) is 5. The third-order valence-electron chi connectivity index (χ3n) is 5.03. The molecule has 252 valence electrons. The molecule has 1 aromatic rings. The number of thiazole rings is 1. The molecule has 0 saturated carbocycles. The molecular weight excluding hydrogens is 630 g/mol. The lowest BCUT2D eigenvalue weighted by molar-refractivity contribution is -0.179. The molecule has 1 aliphatic heterocycles. The summed E-state index contributed by atoms with van der Waals surface area (Å²) < 4.78 is 21.1. The summed E-state index contributed by atoms with van der Waals surface area (Å²) in [4.78, 5) is 72.3. The molecule has 45 heavy (non-hydrogen) atoms. The second-order valence-corrected chi connectivity index (χ2v) is 14.9. The van der Waals surface area contributed by atoms with Gasteiger partial charge in [0.05, 0.1) is 6.04 Å². The van der Waals surface area contributed by atoms with Gasteiger partial charge in [-0.2, -0.15) is 0 Å². The third-order valence-corrected chi connectivity index (χ3v) is 6.37. The van der Waals surface area contributed by atoms with Crippen molar-refractivity contribution in [3.63, 3.8) is 0 Å². The zero-order chi connectivity index (χ0) is 34.4. The number of carbonyl (C=O) groups excluding carboxylic acids is 5. The van der Waals surface area contributed by atoms with Crippen LogP contribution in [0.15, 0.2) is 10.5 Å². The van der Waals surface area contributed by atoms with Crippen LogP contribution >= 0.6 is 23.5 Å². The van der Waals surface area contributed by atoms with Crippen LogP contribution in [-0.2, 0) is 33.4 Å². The molecule has 0 bridgehead atoms. The molecule has 16 nitrogen and oxygen atoms in total. The molecule has 2 rings (SSSR count). The fraction of sp³-hybridized carbons (Fsp3) is 0.667. The lowest BCUT2D eigenvalue weighted by Gasteiger charge is -2.37. The number of hydrogen-bond acceptors (Lipinski definition) is 14. The van der Waals surface area contributed by atoms with E-state index >= 15 is 0 Å². The van der Waals surface area contributed by atoms with Crippen LogP contribution in [0, 0.1) is 0 Å². The second kappa shape index (κ2) is 14.6. The standard InChI is InChI=1S/C27H43N7O9S2/c1-24(2,3)40-20(37)27(10,11)43-33-17(15-13-44-21(30-15)32-22(38)41-25(4,5)6)19(36)31-16-14(29-18(16)35)12-28-45-34-23(39)42-26(7,8)9/h13-14,16,28H,12H2,1-11H3,(H,29,35)(H,31,36)(H,34,39)(H,30,32,38)/b33-17-/t14-,16+/m1/s1. The van der Waals surface area contributed by atoms with Gasteiger partial charge in [-0.05, 0) is 76.2 Å². The lowest BCUT2D eigenvalue weighted by Crippen LogP contribution is -2.71. The Morgan fingerprint density at radius 3 is 2.07 bits per heavy atom. The van der Waals surface area contributed by atoms with Crippen LogP contribution in [0.2, 0.25) is 0 Å². The Morgan fingerprint density at radius 2 is 1.51 bits per heavy atom. The van der Waals surface area contributed by atoms with Gasteiger partial charge in [-0.15, -0.1) is 11.3 Å². The van der Waals surface area contributed by atoms with Gasteiger partial charge in [-0.1, -0.05) is 5.16 Å². The van der Waals surface area contributed by atoms with Gasteiger partial charge >= 0.3 is 18.2 Å². The van der Waals surface area contributed by atoms with Gasteiger partial charge in [0, 0.05) is 24.1 Å². The number of ether oxygens (including phenoxy) is 3. The first-order valence-corrected chi connectivity index (χ1v) is 15.6. The summed E-state index contributed by atoms with van der Waals surface area (Å²) in [6.45, 7) is 18.4. The number of carbonyl (C=O) groups is 5. The Balaban J connectivity index is 2.19. The number of aromatic nitrogens is 1. The molecule has 0 aromatic carbocycles. The highest BCUT2D eigenvalue weighted by atomic mass is 32.2. The number of β-lactam (4-membered cyclic amide) rings is 1. The molecule has 1 fully saturated rings. The third kappa shape index (κ3) is 13.1. The largest absolute Gasteiger partial charge is 0.457 e. The van der Waals surface area contributed by atoms with Crippen LogP contribution in [-0.4, -0.2) is 81.7 Å². The smallest absolute Gasteiger partial charge is 0.418 e. The molecule has 1 aliphatic rings. The van der Waals surface area contributed by atoms with Crippen molar-refractivity contribution in [1.82, 2.24) is 25.1 Å². The van der Waals surface area contributed by atoms with Gasteiger partial charge in [-0.3, -0.25) is 19.6 Å². The van der Waals surface area contributed by atoms with Crippen LogP contribution in [0.25, 0.3) is 0 Å². The van der Waals surface area contributed by atoms with E-state index in [1.807, 2.05) is 0 Å². The fourth-order valence-corrected chi connectivity index (χ4v) is 4.27. The molecule has 0 radical (unpaired) electrons. The van der Waals surface area contributed by atoms with Crippen LogP contribution < -0.4 is 25.4 Å². The van der Waals surface area contributed by atoms with Gasteiger partial charge in [0.2, 0.25) is 11.5 Å². The molecule has 5 N–H and O–H groups in total. The Labute approximate surface area is 270 Å². The van der Waals surface area contributed by atoms with Crippen molar-refractivity contribution in [2.24, 2.45) is 5.16 Å². The van der Waals surface area contributed by atoms with E-state index in [4.69, 9.17) is 19.0 Å². The monoisotopic (exact) mass is 673 g/mol. The second-order valence-electron chi connectivity index (χ2n) is 13.3. The molecule has 1 aromatic heterocycles. The van der Waals surface area contributed by atoms with Crippen LogP contribution in [0.1, 0.15) is 81.9 Å². The van der Waals surface area contributed by atoms with Gasteiger partial charge in [0.15, 0.2) is 10.8 Å². The minimum Gasteiger partial charge on any atom is -0.457 e. The molecule has 0 aliphatic carbocycles. The summed E-state index contributed by atoms with van der Waals surface area (Å²) in [6, 6.07) is -1.52. The summed E-state index contributed by atoms with van der Waals surface area (Å²) in [5.41, 5.74) is -4.21. The summed E-state index contributed by atoms with van der Waals surface area (Å²) in [7, 11) is 0. The number of rotatable bonds is 11. The summed E-state index contributed by atoms with van der Waals surface area (Å²) in [5, 5.41) is 13.2. The zero-order valence-electron chi connectivity index (χ0n) is 27.3. The normalized spacial score (nSPS) is 17.3. The molecule has 0 spiro atoms. The van der Waals surface area contributed by atoms with E-state index in [0.717, 1.165) is 23.5 Å². The van der Waals surface area contributed by atoms with Crippen LogP contribution in [0.3, 0.4) is 0 Å². The van der Waals surface area contributed by atoms with Crippen molar-refractivity contribution in [2.75, 3.05) is 11.9 Å². The van der Waals surface area contributed by atoms with Gasteiger partial charge in [0.1, 0.15) is 28.5 Å². The van der Waals surface area contributed by atoms with Crippen molar-refractivity contribution < 1.29 is 43.0 Å². The molecule has 18 heteroatoms. The SMILES string of the molecule is CC(C)(C)OC(=O)NSNC[C@H]1NC(=O)[C@H]1NC(=O)/C(=N\OC(C)(C)C(=O)OC(C)(C)C)c1csc(NC(=O)OC(C)(C)C)n1. The Bertz CT molecular complexity index is 1290. The summed E-state index contributed by atoms with van der Waals surface area (Å²) >= 11 is 1.84. The average molecular weight is 674 g/mol. The van der Waals surface area contributed by atoms with E-state index < -0.39 is 64.5 Å². The van der Waals surface area contributed by atoms with Gasteiger partial charge < -0.3 is 29.7 Å². The Kier molecular flexibility index (Phi) is 12.2. The lowest BCUT2D eigenvalue weighted by atomic mass is 9.99. The quantitative estimate of drug-likeness (QED) is 0.0437. The number of anilines is 1. The van der Waals surface area contributed by atoms with Crippen molar-refractivity contribution in [3.05, 3.63) is 11.1 Å². The minimum absolute atomic E-state index is 0.00456. The molecule has 2 heterocycles. The molecule has 1 saturated heterocycles. The average Bonchev–Trinajstić information content (AvgIpc) is 3.28. The van der Waals surface area contributed by atoms with Crippen LogP contribution in [0.5, 0.6) is 0 Å². The number of esters is 1. The predicted octanol–water partition coefficient (Wildman–Crippen LogP) is 2.99. The molecule has 4 amide bonds. The van der Waals surface area contributed by atoms with Crippen molar-refractivity contribution in [2.45, 2.75) is 111 Å². The minimum atomic E-state index is -1.61. The van der Waals surface area contributed by atoms with E-state index in [1.54, 1.807) is 62.3 Å². The summed E-state index contributed by atoms with van der Waals surface area (Å²) in [6.07, 6.45) is -1.41. The first-order valence-electron chi connectivity index (χ1n) is 13.9. The highest BCUT2D eigenvalue weighted by molar-refractivity contribution is 7.96. The van der Waals surface area contributed by atoms with E-state index in [1.165, 1.54) is 19.2 Å². The number of oxime groups is 1. The maximum absolute atomic E-state index is 13.5. The van der Waals surface area contributed by atoms with E-state index in [9.17, 15) is 24.0 Å². The molecular formula is C27H43N7O9S2. The highest BCUT2D eigenvalue weighted by Crippen LogP contribution is 2.21. The van der Waals surface area contributed by atoms with Gasteiger partial charge in [-0.25, -0.2) is 24.1 Å². The first-order chi connectivity index (χ1) is 20.5. The number of nitrogens with zero attached hydrogens (tertiary/aromatic N) is 2. The maximum atomic E-state index is 13.5. The predicted molar refractivity (Wildman–Crippen MR) is 168 cm³/mol. The maximum Gasteiger partial charge on any atom is 0.418 e. The zero-order valence-corrected chi connectivity index (χ0v) is 29.0. The van der Waals surface area contributed by atoms with Crippen molar-refractivity contribution in [1.29, 1.82) is 0 Å². The van der Waals surface area contributed by atoms with Crippen molar-refractivity contribution in [3.8, 4) is 0 Å². The van der Waals surface area contributed by atoms with Crippen molar-refractivity contribution >= 4 is 64.3 Å². The topological polar surface area (TPSA) is 208 Å². The Hall–Kier alpha value is -3.64. The van der Waals surface area contributed by atoms with Gasteiger partial charge in [0.25, 0.3) is 5.91 Å². The fourth-order valence-electron chi connectivity index (χ4n) is 3.13. The molecule has 2 atom stereocenters. The first kappa shape index (κ1) is 37.5.